The Labute approximate surface area is 120 Å². The number of hydrogen-bond acceptors (Lipinski definition) is 3. The van der Waals surface area contributed by atoms with Crippen molar-refractivity contribution in [1.82, 2.24) is 5.32 Å². The van der Waals surface area contributed by atoms with Gasteiger partial charge in [0.25, 0.3) is 0 Å². The summed E-state index contributed by atoms with van der Waals surface area (Å²) in [5, 5.41) is 4.13. The Kier molecular flexibility index (Phi) is 4.71. The molecular weight excluding hydrogens is 262 g/mol. The van der Waals surface area contributed by atoms with Crippen LogP contribution in [0.4, 0.5) is 0 Å². The van der Waals surface area contributed by atoms with Gasteiger partial charge in [-0.2, -0.15) is 0 Å². The molecule has 2 rings (SSSR count). The average molecular weight is 284 g/mol. The van der Waals surface area contributed by atoms with Crippen molar-refractivity contribution in [2.24, 2.45) is 0 Å². The van der Waals surface area contributed by atoms with E-state index in [0.29, 0.717) is 11.6 Å². The standard InChI is InChI=1S/C15H22ClNO2/c1-15(2,3)17-9-11-5-4-6-13(16)14(11)19-12-7-8-18-10-12/h4-6,12,17H,7-10H2,1-3H3. The number of ether oxygens (including phenoxy) is 2. The van der Waals surface area contributed by atoms with Gasteiger partial charge in [-0.25, -0.2) is 0 Å². The van der Waals surface area contributed by atoms with Crippen LogP contribution in [0, 0.1) is 0 Å². The highest BCUT2D eigenvalue weighted by Crippen LogP contribution is 2.31. The Bertz CT molecular complexity index is 423. The van der Waals surface area contributed by atoms with Crippen molar-refractivity contribution >= 4 is 11.6 Å². The molecule has 1 fully saturated rings. The van der Waals surface area contributed by atoms with E-state index < -0.39 is 0 Å². The minimum absolute atomic E-state index is 0.0655. The third-order valence-electron chi connectivity index (χ3n) is 3.03. The van der Waals surface area contributed by atoms with Crippen LogP contribution in [0.2, 0.25) is 5.02 Å². The van der Waals surface area contributed by atoms with Gasteiger partial charge >= 0.3 is 0 Å². The lowest BCUT2D eigenvalue weighted by molar-refractivity contribution is 0.140. The Morgan fingerprint density at radius 1 is 1.42 bits per heavy atom. The predicted octanol–water partition coefficient (Wildman–Crippen LogP) is 3.40. The number of nitrogens with one attached hydrogen (secondary N) is 1. The lowest BCUT2D eigenvalue weighted by Crippen LogP contribution is -2.35. The van der Waals surface area contributed by atoms with Gasteiger partial charge in [-0.3, -0.25) is 0 Å². The Morgan fingerprint density at radius 2 is 2.21 bits per heavy atom. The molecule has 0 saturated carbocycles. The fourth-order valence-electron chi connectivity index (χ4n) is 1.96. The maximum Gasteiger partial charge on any atom is 0.142 e. The summed E-state index contributed by atoms with van der Waals surface area (Å²) >= 11 is 6.26. The van der Waals surface area contributed by atoms with Gasteiger partial charge in [0.2, 0.25) is 0 Å². The third-order valence-corrected chi connectivity index (χ3v) is 3.33. The second kappa shape index (κ2) is 6.12. The summed E-state index contributed by atoms with van der Waals surface area (Å²) in [6.45, 7) is 8.59. The van der Waals surface area contributed by atoms with Crippen molar-refractivity contribution in [2.45, 2.75) is 45.4 Å². The van der Waals surface area contributed by atoms with Crippen LogP contribution in [0.15, 0.2) is 18.2 Å². The van der Waals surface area contributed by atoms with Crippen LogP contribution in [0.1, 0.15) is 32.8 Å². The topological polar surface area (TPSA) is 30.5 Å². The van der Waals surface area contributed by atoms with Crippen LogP contribution in [-0.2, 0) is 11.3 Å². The summed E-state index contributed by atoms with van der Waals surface area (Å²) in [4.78, 5) is 0. The Hall–Kier alpha value is -0.770. The summed E-state index contributed by atoms with van der Waals surface area (Å²) in [6, 6.07) is 5.88. The monoisotopic (exact) mass is 283 g/mol. The van der Waals surface area contributed by atoms with E-state index in [2.05, 4.69) is 32.2 Å². The zero-order valence-corrected chi connectivity index (χ0v) is 12.6. The van der Waals surface area contributed by atoms with Gasteiger partial charge in [-0.1, -0.05) is 23.7 Å². The Balaban J connectivity index is 2.10. The third kappa shape index (κ3) is 4.37. The molecule has 0 aliphatic carbocycles. The van der Waals surface area contributed by atoms with Crippen molar-refractivity contribution in [3.05, 3.63) is 28.8 Å². The second-order valence-corrected chi connectivity index (χ2v) is 6.34. The van der Waals surface area contributed by atoms with Crippen LogP contribution < -0.4 is 10.1 Å². The van der Waals surface area contributed by atoms with Crippen LogP contribution >= 0.6 is 11.6 Å². The summed E-state index contributed by atoms with van der Waals surface area (Å²) in [6.07, 6.45) is 1.05. The lowest BCUT2D eigenvalue weighted by Gasteiger charge is -2.23. The predicted molar refractivity (Wildman–Crippen MR) is 77.9 cm³/mol. The molecule has 0 spiro atoms. The molecule has 1 aliphatic rings. The van der Waals surface area contributed by atoms with Gasteiger partial charge in [0.05, 0.1) is 18.2 Å². The first-order valence-electron chi connectivity index (χ1n) is 6.72. The van der Waals surface area contributed by atoms with Crippen molar-refractivity contribution in [2.75, 3.05) is 13.2 Å². The highest BCUT2D eigenvalue weighted by molar-refractivity contribution is 6.32. The number of hydrogen-bond donors (Lipinski definition) is 1. The molecule has 1 N–H and O–H groups in total. The number of para-hydroxylation sites is 1. The molecule has 1 saturated heterocycles. The first-order chi connectivity index (χ1) is 8.96. The fraction of sp³-hybridized carbons (Fsp3) is 0.600. The Morgan fingerprint density at radius 3 is 2.84 bits per heavy atom. The highest BCUT2D eigenvalue weighted by Gasteiger charge is 2.20. The van der Waals surface area contributed by atoms with E-state index in [4.69, 9.17) is 21.1 Å². The fourth-order valence-corrected chi connectivity index (χ4v) is 2.20. The van der Waals surface area contributed by atoms with Gasteiger partial charge < -0.3 is 14.8 Å². The second-order valence-electron chi connectivity index (χ2n) is 5.94. The van der Waals surface area contributed by atoms with E-state index in [9.17, 15) is 0 Å². The van der Waals surface area contributed by atoms with Gasteiger partial charge in [0, 0.05) is 24.1 Å². The molecule has 106 valence electrons. The average Bonchev–Trinajstić information content (AvgIpc) is 2.82. The smallest absolute Gasteiger partial charge is 0.142 e. The van der Waals surface area contributed by atoms with E-state index >= 15 is 0 Å². The molecule has 0 aromatic heterocycles. The van der Waals surface area contributed by atoms with E-state index in [-0.39, 0.29) is 11.6 Å². The highest BCUT2D eigenvalue weighted by atomic mass is 35.5. The maximum atomic E-state index is 6.26. The van der Waals surface area contributed by atoms with Crippen LogP contribution in [0.25, 0.3) is 0 Å². The van der Waals surface area contributed by atoms with Crippen molar-refractivity contribution in [3.63, 3.8) is 0 Å². The molecular formula is C15H22ClNO2. The summed E-state index contributed by atoms with van der Waals surface area (Å²) < 4.78 is 11.3. The molecule has 19 heavy (non-hydrogen) atoms. The van der Waals surface area contributed by atoms with Crippen LogP contribution in [0.5, 0.6) is 5.75 Å². The van der Waals surface area contributed by atoms with E-state index in [1.54, 1.807) is 0 Å². The molecule has 0 radical (unpaired) electrons. The molecule has 1 atom stereocenters. The molecule has 0 amide bonds. The molecule has 1 aromatic carbocycles. The van der Waals surface area contributed by atoms with Crippen LogP contribution in [0.3, 0.4) is 0 Å². The maximum absolute atomic E-state index is 6.26. The molecule has 1 heterocycles. The number of rotatable bonds is 4. The first kappa shape index (κ1) is 14.6. The largest absolute Gasteiger partial charge is 0.486 e. The first-order valence-corrected chi connectivity index (χ1v) is 7.10. The number of halogens is 1. The quantitative estimate of drug-likeness (QED) is 0.919. The van der Waals surface area contributed by atoms with Gasteiger partial charge in [-0.15, -0.1) is 0 Å². The SMILES string of the molecule is CC(C)(C)NCc1cccc(Cl)c1OC1CCOC1. The molecule has 4 heteroatoms. The molecule has 1 unspecified atom stereocenters. The van der Waals surface area contributed by atoms with E-state index in [1.807, 2.05) is 12.1 Å². The van der Waals surface area contributed by atoms with Crippen molar-refractivity contribution < 1.29 is 9.47 Å². The molecule has 3 nitrogen and oxygen atoms in total. The van der Waals surface area contributed by atoms with Gasteiger partial charge in [0.15, 0.2) is 0 Å². The zero-order valence-electron chi connectivity index (χ0n) is 11.8. The van der Waals surface area contributed by atoms with Crippen LogP contribution in [-0.4, -0.2) is 24.9 Å². The lowest BCUT2D eigenvalue weighted by atomic mass is 10.1. The van der Waals surface area contributed by atoms with Crippen molar-refractivity contribution in [1.29, 1.82) is 0 Å². The molecule has 0 bridgehead atoms. The normalized spacial score (nSPS) is 19.7. The van der Waals surface area contributed by atoms with Crippen molar-refractivity contribution in [3.8, 4) is 5.75 Å². The molecule has 1 aliphatic heterocycles. The van der Waals surface area contributed by atoms with E-state index in [1.165, 1.54) is 0 Å². The summed E-state index contributed by atoms with van der Waals surface area (Å²) in [5.41, 5.74) is 1.16. The minimum Gasteiger partial charge on any atom is -0.486 e. The number of benzene rings is 1. The van der Waals surface area contributed by atoms with Gasteiger partial charge in [-0.05, 0) is 26.8 Å². The zero-order chi connectivity index (χ0) is 13.9. The van der Waals surface area contributed by atoms with E-state index in [0.717, 1.165) is 30.9 Å². The summed E-state index contributed by atoms with van der Waals surface area (Å²) in [7, 11) is 0. The summed E-state index contributed by atoms with van der Waals surface area (Å²) in [5.74, 6) is 0.788. The van der Waals surface area contributed by atoms with Gasteiger partial charge in [0.1, 0.15) is 11.9 Å². The minimum atomic E-state index is 0.0655. The molecule has 1 aromatic rings.